The first-order valence-electron chi connectivity index (χ1n) is 3.28. The minimum Gasteiger partial charge on any atom is -0.0843 e. The summed E-state index contributed by atoms with van der Waals surface area (Å²) in [6, 6.07) is 0. The second-order valence-corrected chi connectivity index (χ2v) is 3.20. The molecule has 0 bridgehead atoms. The van der Waals surface area contributed by atoms with E-state index in [1.54, 1.807) is 6.08 Å². The molecule has 58 valence electrons. The highest BCUT2D eigenvalue weighted by Gasteiger charge is 1.92. The van der Waals surface area contributed by atoms with Crippen LogP contribution in [0.3, 0.4) is 0 Å². The highest BCUT2D eigenvalue weighted by Crippen LogP contribution is 2.15. The van der Waals surface area contributed by atoms with Crippen LogP contribution in [0.25, 0.3) is 0 Å². The maximum atomic E-state index is 5.78. The molecule has 0 aromatic heterocycles. The summed E-state index contributed by atoms with van der Waals surface area (Å²) in [5.74, 6) is 0. The first-order chi connectivity index (χ1) is 5.18. The molecule has 0 saturated heterocycles. The molecule has 0 atom stereocenters. The fraction of sp³-hybridized carbons (Fsp3) is 0.111. The maximum Gasteiger partial charge on any atom is 0.0420 e. The third-order valence-corrected chi connectivity index (χ3v) is 1.76. The van der Waals surface area contributed by atoms with Crippen LogP contribution in [-0.4, -0.2) is 0 Å². The molecular weight excluding hydrogens is 179 g/mol. The van der Waals surface area contributed by atoms with Gasteiger partial charge in [-0.1, -0.05) is 40.9 Å². The van der Waals surface area contributed by atoms with Crippen LogP contribution in [-0.2, 0) is 0 Å². The Morgan fingerprint density at radius 1 is 1.00 bits per heavy atom. The van der Waals surface area contributed by atoms with Crippen molar-refractivity contribution in [2.24, 2.45) is 0 Å². The van der Waals surface area contributed by atoms with E-state index in [9.17, 15) is 0 Å². The van der Waals surface area contributed by atoms with Crippen LogP contribution in [0.15, 0.2) is 46.0 Å². The molecule has 0 aromatic carbocycles. The van der Waals surface area contributed by atoms with Gasteiger partial charge in [-0.05, 0) is 25.2 Å². The summed E-state index contributed by atoms with van der Waals surface area (Å²) in [5, 5.41) is 1.30. The van der Waals surface area contributed by atoms with Crippen molar-refractivity contribution in [2.75, 3.05) is 0 Å². The van der Waals surface area contributed by atoms with Crippen LogP contribution < -0.4 is 0 Å². The minimum absolute atomic E-state index is 0.652. The molecule has 1 rings (SSSR count). The third-order valence-electron chi connectivity index (χ3n) is 1.29. The summed E-state index contributed by atoms with van der Waals surface area (Å²) >= 11 is 11.6. The lowest BCUT2D eigenvalue weighted by Gasteiger charge is -1.95. The van der Waals surface area contributed by atoms with E-state index in [4.69, 9.17) is 23.2 Å². The third kappa shape index (κ3) is 2.96. The summed E-state index contributed by atoms with van der Waals surface area (Å²) in [6.45, 7) is 1.99. The molecule has 0 unspecified atom stereocenters. The summed E-state index contributed by atoms with van der Waals surface area (Å²) in [6.07, 6.45) is 9.24. The first-order valence-corrected chi connectivity index (χ1v) is 4.03. The van der Waals surface area contributed by atoms with Gasteiger partial charge in [-0.15, -0.1) is 0 Å². The standard InChI is InChI=1S/C9H8Cl2/c1-7-2-4-8(10)6-9(11)5-3-7/h2-6H,1H3. The molecule has 1 aliphatic rings. The van der Waals surface area contributed by atoms with E-state index in [0.717, 1.165) is 5.57 Å². The number of allylic oxidation sites excluding steroid dienone is 8. The van der Waals surface area contributed by atoms with Crippen LogP contribution >= 0.6 is 23.2 Å². The molecule has 0 heterocycles. The van der Waals surface area contributed by atoms with Gasteiger partial charge in [0, 0.05) is 10.1 Å². The molecule has 0 N–H and O–H groups in total. The fourth-order valence-corrected chi connectivity index (χ4v) is 1.12. The van der Waals surface area contributed by atoms with Crippen molar-refractivity contribution in [3.8, 4) is 0 Å². The molecule has 2 heteroatoms. The number of rotatable bonds is 0. The fourth-order valence-electron chi connectivity index (χ4n) is 0.706. The van der Waals surface area contributed by atoms with Crippen LogP contribution in [0.5, 0.6) is 0 Å². The Morgan fingerprint density at radius 2 is 1.73 bits per heavy atom. The zero-order chi connectivity index (χ0) is 8.27. The van der Waals surface area contributed by atoms with Crippen LogP contribution in [0.1, 0.15) is 6.92 Å². The summed E-state index contributed by atoms with van der Waals surface area (Å²) in [5.41, 5.74) is 1.13. The maximum absolute atomic E-state index is 5.78. The Kier molecular flexibility index (Phi) is 2.98. The average molecular weight is 187 g/mol. The van der Waals surface area contributed by atoms with Gasteiger partial charge < -0.3 is 0 Å². The molecule has 0 amide bonds. The molecular formula is C9H8Cl2. The van der Waals surface area contributed by atoms with Crippen molar-refractivity contribution in [1.82, 2.24) is 0 Å². The Balaban J connectivity index is 2.97. The normalized spacial score (nSPS) is 17.9. The number of hydrogen-bond acceptors (Lipinski definition) is 0. The summed E-state index contributed by atoms with van der Waals surface area (Å²) in [4.78, 5) is 0. The lowest BCUT2D eigenvalue weighted by molar-refractivity contribution is 1.50. The lowest BCUT2D eigenvalue weighted by Crippen LogP contribution is -1.74. The van der Waals surface area contributed by atoms with Gasteiger partial charge in [-0.2, -0.15) is 0 Å². The Bertz CT molecular complexity index is 267. The van der Waals surface area contributed by atoms with Crippen LogP contribution in [0.4, 0.5) is 0 Å². The number of hydrogen-bond donors (Lipinski definition) is 0. The topological polar surface area (TPSA) is 0 Å². The van der Waals surface area contributed by atoms with Crippen molar-refractivity contribution in [3.63, 3.8) is 0 Å². The molecule has 0 fully saturated rings. The predicted octanol–water partition coefficient (Wildman–Crippen LogP) is 3.75. The van der Waals surface area contributed by atoms with E-state index < -0.39 is 0 Å². The number of halogens is 2. The van der Waals surface area contributed by atoms with Gasteiger partial charge in [0.1, 0.15) is 0 Å². The minimum atomic E-state index is 0.652. The van der Waals surface area contributed by atoms with Gasteiger partial charge in [0.15, 0.2) is 0 Å². The van der Waals surface area contributed by atoms with Gasteiger partial charge in [0.25, 0.3) is 0 Å². The second kappa shape index (κ2) is 3.80. The van der Waals surface area contributed by atoms with E-state index in [1.165, 1.54) is 0 Å². The molecule has 0 saturated carbocycles. The molecule has 0 spiro atoms. The van der Waals surface area contributed by atoms with Crippen molar-refractivity contribution in [2.45, 2.75) is 6.92 Å². The highest BCUT2D eigenvalue weighted by molar-refractivity contribution is 6.35. The molecule has 0 nitrogen and oxygen atoms in total. The quantitative estimate of drug-likeness (QED) is 0.541. The van der Waals surface area contributed by atoms with Gasteiger partial charge >= 0.3 is 0 Å². The second-order valence-electron chi connectivity index (χ2n) is 2.32. The summed E-state index contributed by atoms with van der Waals surface area (Å²) < 4.78 is 0. The van der Waals surface area contributed by atoms with Gasteiger partial charge in [0.05, 0.1) is 0 Å². The van der Waals surface area contributed by atoms with Crippen molar-refractivity contribution >= 4 is 23.2 Å². The van der Waals surface area contributed by atoms with E-state index in [0.29, 0.717) is 10.1 Å². The monoisotopic (exact) mass is 186 g/mol. The van der Waals surface area contributed by atoms with Crippen molar-refractivity contribution in [1.29, 1.82) is 0 Å². The molecule has 0 aromatic rings. The Morgan fingerprint density at radius 3 is 2.45 bits per heavy atom. The SMILES string of the molecule is CC1=CC=C(Cl)C=C(Cl)C=C1. The lowest BCUT2D eigenvalue weighted by atomic mass is 10.2. The molecule has 11 heavy (non-hydrogen) atoms. The zero-order valence-corrected chi connectivity index (χ0v) is 7.65. The van der Waals surface area contributed by atoms with Crippen LogP contribution in [0, 0.1) is 0 Å². The van der Waals surface area contributed by atoms with Crippen LogP contribution in [0.2, 0.25) is 0 Å². The van der Waals surface area contributed by atoms with E-state index in [2.05, 4.69) is 0 Å². The smallest absolute Gasteiger partial charge is 0.0420 e. The summed E-state index contributed by atoms with van der Waals surface area (Å²) in [7, 11) is 0. The highest BCUT2D eigenvalue weighted by atomic mass is 35.5. The Labute approximate surface area is 76.5 Å². The van der Waals surface area contributed by atoms with E-state index >= 15 is 0 Å². The molecule has 1 aliphatic carbocycles. The van der Waals surface area contributed by atoms with Crippen molar-refractivity contribution < 1.29 is 0 Å². The first kappa shape index (κ1) is 8.63. The largest absolute Gasteiger partial charge is 0.0843 e. The zero-order valence-electron chi connectivity index (χ0n) is 6.14. The molecule has 0 radical (unpaired) electrons. The van der Waals surface area contributed by atoms with E-state index in [1.807, 2.05) is 31.2 Å². The predicted molar refractivity (Wildman–Crippen MR) is 50.8 cm³/mol. The van der Waals surface area contributed by atoms with Gasteiger partial charge in [0.2, 0.25) is 0 Å². The van der Waals surface area contributed by atoms with Gasteiger partial charge in [-0.3, -0.25) is 0 Å². The molecule has 0 aliphatic heterocycles. The van der Waals surface area contributed by atoms with Crippen molar-refractivity contribution in [3.05, 3.63) is 46.0 Å². The van der Waals surface area contributed by atoms with E-state index in [-0.39, 0.29) is 0 Å². The average Bonchev–Trinajstić information content (AvgIpc) is 1.95. The van der Waals surface area contributed by atoms with Gasteiger partial charge in [-0.25, -0.2) is 0 Å². The Hall–Kier alpha value is -0.460.